The molecule has 1 aromatic heterocycles. The van der Waals surface area contributed by atoms with Gasteiger partial charge >= 0.3 is 0 Å². The normalized spacial score (nSPS) is 11.6. The summed E-state index contributed by atoms with van der Waals surface area (Å²) in [6.07, 6.45) is 3.10. The van der Waals surface area contributed by atoms with E-state index in [0.29, 0.717) is 15.8 Å². The second-order valence-corrected chi connectivity index (χ2v) is 9.97. The molecule has 0 aliphatic carbocycles. The summed E-state index contributed by atoms with van der Waals surface area (Å²) in [5.41, 5.74) is 0.629. The van der Waals surface area contributed by atoms with Crippen LogP contribution in [0, 0.1) is 11.6 Å². The van der Waals surface area contributed by atoms with Gasteiger partial charge in [-0.2, -0.15) is 0 Å². The monoisotopic (exact) mass is 487 g/mol. The van der Waals surface area contributed by atoms with Crippen LogP contribution < -0.4 is 4.74 Å². The third-order valence-corrected chi connectivity index (χ3v) is 7.48. The maximum absolute atomic E-state index is 15.2. The lowest BCUT2D eigenvalue weighted by Gasteiger charge is -2.14. The smallest absolute Gasteiger partial charge is 0.243 e. The van der Waals surface area contributed by atoms with Crippen LogP contribution in [0.3, 0.4) is 0 Å². The van der Waals surface area contributed by atoms with Crippen molar-refractivity contribution in [3.63, 3.8) is 0 Å². The van der Waals surface area contributed by atoms with E-state index in [9.17, 15) is 17.6 Å². The number of nitrogens with zero attached hydrogens (tertiary/aromatic N) is 1. The SMILES string of the molecule is CSc1c(Oc2ccc(F)c(C(C)=O)c2)c(F)cc2c1ccn2S(=O)(=O)Cc1ccccc1. The molecule has 0 aliphatic heterocycles. The van der Waals surface area contributed by atoms with Crippen LogP contribution in [0.4, 0.5) is 8.78 Å². The molecule has 0 unspecified atom stereocenters. The van der Waals surface area contributed by atoms with Crippen LogP contribution in [-0.4, -0.2) is 24.4 Å². The predicted molar refractivity (Wildman–Crippen MR) is 125 cm³/mol. The molecule has 0 saturated carbocycles. The first kappa shape index (κ1) is 23.0. The number of thioether (sulfide) groups is 1. The summed E-state index contributed by atoms with van der Waals surface area (Å²) in [5.74, 6) is -2.25. The number of benzene rings is 3. The average Bonchev–Trinajstić information content (AvgIpc) is 3.20. The summed E-state index contributed by atoms with van der Waals surface area (Å²) in [4.78, 5) is 12.0. The average molecular weight is 488 g/mol. The second-order valence-electron chi connectivity index (χ2n) is 7.31. The molecule has 0 atom stereocenters. The highest BCUT2D eigenvalue weighted by Gasteiger charge is 2.23. The standard InChI is InChI=1S/C24H19F2NO4S2/c1-15(28)19-12-17(8-9-20(19)25)31-23-21(26)13-22-18(24(23)32-2)10-11-27(22)33(29,30)14-16-6-4-3-5-7-16/h3-13H,14H2,1-2H3. The van der Waals surface area contributed by atoms with Gasteiger partial charge in [-0.3, -0.25) is 4.79 Å². The lowest BCUT2D eigenvalue weighted by atomic mass is 10.1. The molecule has 0 bridgehead atoms. The Hall–Kier alpha value is -3.17. The number of hydrogen-bond acceptors (Lipinski definition) is 5. The summed E-state index contributed by atoms with van der Waals surface area (Å²) in [5, 5.41) is 0.490. The molecule has 0 radical (unpaired) electrons. The molecule has 5 nitrogen and oxygen atoms in total. The van der Waals surface area contributed by atoms with Gasteiger partial charge < -0.3 is 4.74 Å². The molecule has 4 aromatic rings. The van der Waals surface area contributed by atoms with Gasteiger partial charge in [-0.1, -0.05) is 30.3 Å². The second kappa shape index (κ2) is 8.99. The van der Waals surface area contributed by atoms with Gasteiger partial charge in [0.2, 0.25) is 10.0 Å². The van der Waals surface area contributed by atoms with Gasteiger partial charge in [-0.25, -0.2) is 21.2 Å². The molecule has 0 saturated heterocycles. The number of ketones is 1. The fourth-order valence-electron chi connectivity index (χ4n) is 3.53. The van der Waals surface area contributed by atoms with Crippen molar-refractivity contribution in [2.24, 2.45) is 0 Å². The molecule has 0 spiro atoms. The Kier molecular flexibility index (Phi) is 6.27. The van der Waals surface area contributed by atoms with Crippen molar-refractivity contribution in [2.45, 2.75) is 17.6 Å². The van der Waals surface area contributed by atoms with Gasteiger partial charge in [0.05, 0.1) is 21.7 Å². The van der Waals surface area contributed by atoms with Gasteiger partial charge in [-0.15, -0.1) is 11.8 Å². The molecular formula is C24H19F2NO4S2. The van der Waals surface area contributed by atoms with Gasteiger partial charge in [0.15, 0.2) is 17.3 Å². The molecule has 0 fully saturated rings. The maximum Gasteiger partial charge on any atom is 0.243 e. The zero-order chi connectivity index (χ0) is 23.8. The number of rotatable bonds is 7. The van der Waals surface area contributed by atoms with E-state index in [-0.39, 0.29) is 28.3 Å². The first-order valence-electron chi connectivity index (χ1n) is 9.84. The molecule has 1 heterocycles. The maximum atomic E-state index is 15.2. The molecule has 0 N–H and O–H groups in total. The van der Waals surface area contributed by atoms with Gasteiger partial charge in [0.1, 0.15) is 11.6 Å². The lowest BCUT2D eigenvalue weighted by molar-refractivity contribution is 0.101. The Labute approximate surface area is 194 Å². The van der Waals surface area contributed by atoms with Gasteiger partial charge in [-0.05, 0) is 43.0 Å². The minimum atomic E-state index is -3.81. The Morgan fingerprint density at radius 3 is 2.42 bits per heavy atom. The van der Waals surface area contributed by atoms with Crippen molar-refractivity contribution in [2.75, 3.05) is 6.26 Å². The van der Waals surface area contributed by atoms with Gasteiger partial charge in [0, 0.05) is 17.6 Å². The predicted octanol–water partition coefficient (Wildman–Crippen LogP) is 6.01. The van der Waals surface area contributed by atoms with Crippen molar-refractivity contribution in [1.29, 1.82) is 0 Å². The number of carbonyl (C=O) groups is 1. The fourth-order valence-corrected chi connectivity index (χ4v) is 5.69. The third kappa shape index (κ3) is 4.51. The van der Waals surface area contributed by atoms with Crippen molar-refractivity contribution in [3.8, 4) is 11.5 Å². The lowest BCUT2D eigenvalue weighted by Crippen LogP contribution is -2.14. The molecule has 33 heavy (non-hydrogen) atoms. The molecule has 3 aromatic carbocycles. The number of aromatic nitrogens is 1. The van der Waals surface area contributed by atoms with Crippen LogP contribution in [0.1, 0.15) is 22.8 Å². The van der Waals surface area contributed by atoms with E-state index >= 15 is 4.39 Å². The van der Waals surface area contributed by atoms with Crippen molar-refractivity contribution in [3.05, 3.63) is 89.6 Å². The number of halogens is 2. The third-order valence-electron chi connectivity index (χ3n) is 5.05. The van der Waals surface area contributed by atoms with Gasteiger partial charge in [0.25, 0.3) is 0 Å². The highest BCUT2D eigenvalue weighted by atomic mass is 32.2. The molecule has 0 aliphatic rings. The van der Waals surface area contributed by atoms with E-state index in [0.717, 1.165) is 16.1 Å². The summed E-state index contributed by atoms with van der Waals surface area (Å²) in [7, 11) is -3.81. The van der Waals surface area contributed by atoms with Crippen LogP contribution in [0.25, 0.3) is 10.9 Å². The Balaban J connectivity index is 1.78. The van der Waals surface area contributed by atoms with E-state index in [1.807, 2.05) is 0 Å². The quantitative estimate of drug-likeness (QED) is 0.236. The molecule has 4 rings (SSSR count). The molecule has 0 amide bonds. The first-order chi connectivity index (χ1) is 15.7. The minimum Gasteiger partial charge on any atom is -0.453 e. The van der Waals surface area contributed by atoms with E-state index in [2.05, 4.69) is 0 Å². The summed E-state index contributed by atoms with van der Waals surface area (Å²) in [6.45, 7) is 1.22. The van der Waals surface area contributed by atoms with Crippen LogP contribution in [0.15, 0.2) is 71.8 Å². The number of ether oxygens (including phenoxy) is 1. The van der Waals surface area contributed by atoms with E-state index in [1.165, 1.54) is 37.0 Å². The van der Waals surface area contributed by atoms with E-state index in [1.54, 1.807) is 42.7 Å². The zero-order valence-corrected chi connectivity index (χ0v) is 19.3. The number of carbonyl (C=O) groups excluding carboxylic acids is 1. The Morgan fingerprint density at radius 1 is 1.03 bits per heavy atom. The Morgan fingerprint density at radius 2 is 1.76 bits per heavy atom. The zero-order valence-electron chi connectivity index (χ0n) is 17.7. The van der Waals surface area contributed by atoms with E-state index < -0.39 is 27.4 Å². The van der Waals surface area contributed by atoms with Crippen LogP contribution in [-0.2, 0) is 15.8 Å². The van der Waals surface area contributed by atoms with Crippen LogP contribution in [0.2, 0.25) is 0 Å². The molecule has 170 valence electrons. The van der Waals surface area contributed by atoms with E-state index in [4.69, 9.17) is 4.74 Å². The van der Waals surface area contributed by atoms with Crippen molar-refractivity contribution in [1.82, 2.24) is 3.97 Å². The van der Waals surface area contributed by atoms with Crippen LogP contribution in [0.5, 0.6) is 11.5 Å². The number of Topliss-reactive ketones (excluding diaryl/α,β-unsaturated/α-hetero) is 1. The van der Waals surface area contributed by atoms with Crippen molar-refractivity contribution < 1.29 is 26.7 Å². The molecular weight excluding hydrogens is 468 g/mol. The summed E-state index contributed by atoms with van der Waals surface area (Å²) < 4.78 is 61.9. The number of hydrogen-bond donors (Lipinski definition) is 0. The topological polar surface area (TPSA) is 65.4 Å². The van der Waals surface area contributed by atoms with Crippen LogP contribution >= 0.6 is 11.8 Å². The largest absolute Gasteiger partial charge is 0.453 e. The summed E-state index contributed by atoms with van der Waals surface area (Å²) >= 11 is 1.19. The van der Waals surface area contributed by atoms with Crippen molar-refractivity contribution >= 4 is 38.5 Å². The molecule has 9 heteroatoms. The first-order valence-corrected chi connectivity index (χ1v) is 12.7. The summed E-state index contributed by atoms with van der Waals surface area (Å²) in [6, 6.07) is 15.0. The number of fused-ring (bicyclic) bond motifs is 1. The minimum absolute atomic E-state index is 0.0891. The highest BCUT2D eigenvalue weighted by Crippen LogP contribution is 2.41. The Bertz CT molecular complexity index is 1470. The highest BCUT2D eigenvalue weighted by molar-refractivity contribution is 7.99. The fraction of sp³-hybridized carbons (Fsp3) is 0.125.